The number of amides is 1. The van der Waals surface area contributed by atoms with Crippen molar-refractivity contribution in [1.29, 1.82) is 0 Å². The summed E-state index contributed by atoms with van der Waals surface area (Å²) in [6.45, 7) is 7.97. The first-order valence-electron chi connectivity index (χ1n) is 20.5. The molecule has 1 heterocycles. The Labute approximate surface area is 358 Å². The number of carbonyl (C=O) groups excluding carboxylic acids is 6. The second kappa shape index (κ2) is 16.5. The number of ketones is 1. The number of nitrogens with one attached hydrogen (secondary N) is 1. The van der Waals surface area contributed by atoms with E-state index in [-0.39, 0.29) is 35.3 Å². The van der Waals surface area contributed by atoms with Crippen molar-refractivity contribution in [3.63, 3.8) is 0 Å². The molecule has 4 aliphatic rings. The Morgan fingerprint density at radius 3 is 1.95 bits per heavy atom. The molecule has 2 bridgehead atoms. The normalized spacial score (nSPS) is 31.9. The molecule has 3 aliphatic carbocycles. The number of aliphatic hydroxyl groups excluding tert-OH is 2. The highest BCUT2D eigenvalue weighted by atomic mass is 16.6. The predicted octanol–water partition coefficient (Wildman–Crippen LogP) is 3.74. The molecule has 15 nitrogen and oxygen atoms in total. The quantitative estimate of drug-likeness (QED) is 0.130. The molecule has 2 unspecified atom stereocenters. The van der Waals surface area contributed by atoms with Crippen molar-refractivity contribution < 1.29 is 67.8 Å². The Morgan fingerprint density at radius 1 is 0.823 bits per heavy atom. The topological polar surface area (TPSA) is 221 Å². The van der Waals surface area contributed by atoms with Crippen molar-refractivity contribution in [2.75, 3.05) is 6.61 Å². The largest absolute Gasteiger partial charge is 0.456 e. The summed E-state index contributed by atoms with van der Waals surface area (Å²) in [5.74, 6) is -6.84. The molecule has 1 aliphatic heterocycles. The molecule has 0 aromatic heterocycles. The first-order chi connectivity index (χ1) is 29.3. The van der Waals surface area contributed by atoms with Gasteiger partial charge < -0.3 is 44.3 Å². The molecule has 4 N–H and O–H groups in total. The first kappa shape index (κ1) is 44.3. The van der Waals surface area contributed by atoms with E-state index in [1.54, 1.807) is 92.7 Å². The second-order valence-corrected chi connectivity index (χ2v) is 17.4. The van der Waals surface area contributed by atoms with Crippen LogP contribution in [0.5, 0.6) is 0 Å². The van der Waals surface area contributed by atoms with Crippen LogP contribution >= 0.6 is 0 Å². The van der Waals surface area contributed by atoms with Gasteiger partial charge in [0, 0.05) is 37.7 Å². The molecule has 328 valence electrons. The molecule has 15 heteroatoms. The van der Waals surface area contributed by atoms with Crippen molar-refractivity contribution in [3.8, 4) is 0 Å². The molecule has 3 aromatic carbocycles. The van der Waals surface area contributed by atoms with Crippen LogP contribution in [0.1, 0.15) is 86.7 Å². The summed E-state index contributed by atoms with van der Waals surface area (Å²) in [5, 5.41) is 40.2. The lowest BCUT2D eigenvalue weighted by Crippen LogP contribution is -2.82. The molecule has 0 radical (unpaired) electrons. The van der Waals surface area contributed by atoms with E-state index >= 15 is 4.79 Å². The molecule has 3 aromatic rings. The Balaban J connectivity index is 1.39. The van der Waals surface area contributed by atoms with Crippen LogP contribution in [-0.2, 0) is 42.9 Å². The molecule has 7 rings (SSSR count). The van der Waals surface area contributed by atoms with Crippen molar-refractivity contribution in [3.05, 3.63) is 119 Å². The van der Waals surface area contributed by atoms with Gasteiger partial charge in [-0.25, -0.2) is 9.59 Å². The smallest absolute Gasteiger partial charge is 0.338 e. The molecule has 3 fully saturated rings. The van der Waals surface area contributed by atoms with Crippen LogP contribution in [0.2, 0.25) is 0 Å². The second-order valence-electron chi connectivity index (χ2n) is 17.4. The van der Waals surface area contributed by atoms with E-state index in [1.165, 1.54) is 26.0 Å². The average Bonchev–Trinajstić information content (AvgIpc) is 3.24. The minimum atomic E-state index is -2.39. The van der Waals surface area contributed by atoms with Gasteiger partial charge in [0.2, 0.25) is 0 Å². The third-order valence-corrected chi connectivity index (χ3v) is 13.5. The van der Waals surface area contributed by atoms with Crippen molar-refractivity contribution in [2.24, 2.45) is 16.7 Å². The number of Topliss-reactive ketones (excluding diaryl/α,β-unsaturated/α-hetero) is 1. The van der Waals surface area contributed by atoms with E-state index in [9.17, 15) is 39.3 Å². The van der Waals surface area contributed by atoms with Gasteiger partial charge in [0.15, 0.2) is 23.6 Å². The minimum Gasteiger partial charge on any atom is -0.456 e. The van der Waals surface area contributed by atoms with Gasteiger partial charge in [-0.2, -0.15) is 0 Å². The van der Waals surface area contributed by atoms with Crippen molar-refractivity contribution >= 4 is 35.6 Å². The van der Waals surface area contributed by atoms with Crippen LogP contribution in [-0.4, -0.2) is 105 Å². The molecular formula is C47H51NO14. The van der Waals surface area contributed by atoms with Gasteiger partial charge in [-0.3, -0.25) is 19.2 Å². The third-order valence-electron chi connectivity index (χ3n) is 13.5. The lowest BCUT2D eigenvalue weighted by molar-refractivity contribution is -0.346. The van der Waals surface area contributed by atoms with Crippen molar-refractivity contribution in [1.82, 2.24) is 5.32 Å². The minimum absolute atomic E-state index is 0.00289. The monoisotopic (exact) mass is 853 g/mol. The van der Waals surface area contributed by atoms with Gasteiger partial charge in [-0.1, -0.05) is 80.6 Å². The number of benzene rings is 3. The molecule has 0 spiro atoms. The number of fused-ring (bicyclic) bond motifs is 5. The van der Waals surface area contributed by atoms with E-state index in [0.717, 1.165) is 13.8 Å². The van der Waals surface area contributed by atoms with Crippen molar-refractivity contribution in [2.45, 2.75) is 108 Å². The van der Waals surface area contributed by atoms with Crippen LogP contribution in [0, 0.1) is 16.7 Å². The van der Waals surface area contributed by atoms with Gasteiger partial charge in [0.05, 0.1) is 35.6 Å². The number of carbonyl (C=O) groups is 6. The summed E-state index contributed by atoms with van der Waals surface area (Å²) < 4.78 is 30.3. The summed E-state index contributed by atoms with van der Waals surface area (Å²) in [7, 11) is 0. The van der Waals surface area contributed by atoms with E-state index in [1.807, 2.05) is 0 Å². The highest BCUT2D eigenvalue weighted by molar-refractivity contribution is 5.96. The zero-order valence-electron chi connectivity index (χ0n) is 35.2. The molecular weight excluding hydrogens is 803 g/mol. The van der Waals surface area contributed by atoms with E-state index in [0.29, 0.717) is 5.56 Å². The third kappa shape index (κ3) is 7.29. The fraction of sp³-hybridized carbons (Fsp3) is 0.447. The lowest BCUT2D eigenvalue weighted by Gasteiger charge is -2.67. The van der Waals surface area contributed by atoms with E-state index < -0.39 is 113 Å². The van der Waals surface area contributed by atoms with E-state index in [4.69, 9.17) is 23.7 Å². The van der Waals surface area contributed by atoms with Crippen LogP contribution in [0.25, 0.3) is 0 Å². The van der Waals surface area contributed by atoms with Crippen LogP contribution in [0.15, 0.2) is 102 Å². The Kier molecular flexibility index (Phi) is 11.8. The summed E-state index contributed by atoms with van der Waals surface area (Å²) in [5.41, 5.74) is -7.02. The Hall–Kier alpha value is -5.74. The summed E-state index contributed by atoms with van der Waals surface area (Å²) in [4.78, 5) is 83.5. The van der Waals surface area contributed by atoms with Gasteiger partial charge in [0.25, 0.3) is 5.91 Å². The average molecular weight is 854 g/mol. The maximum Gasteiger partial charge on any atom is 0.338 e. The highest BCUT2D eigenvalue weighted by Crippen LogP contribution is 2.64. The number of rotatable bonds is 10. The number of aliphatic hydroxyl groups is 3. The molecule has 1 saturated heterocycles. The first-order valence-corrected chi connectivity index (χ1v) is 20.5. The predicted molar refractivity (Wildman–Crippen MR) is 218 cm³/mol. The molecule has 11 atom stereocenters. The van der Waals surface area contributed by atoms with Gasteiger partial charge in [0.1, 0.15) is 23.9 Å². The maximum absolute atomic E-state index is 15.5. The SMILES string of the molecule is CC(=O)O[C@H]1C(=O)[C@@]2(C)C([C@H](OC(=O)c3ccccc3)C3(O)C[C@H](OC(=O)[C@H](O)[C@@H](NC(=O)c4ccccc4)c4ccccc4)C(C)=C1C3(C)C)[C@]1(OC(C)=O)CO[C@@H]1C[C@@H]2O. The molecule has 62 heavy (non-hydrogen) atoms. The number of hydrogen-bond acceptors (Lipinski definition) is 14. The standard InChI is InChI=1S/C47H51NO14/c1-25-31(60-43(56)36(52)35(28-16-10-7-11-17-28)48-41(54)29-18-12-8-13-19-29)23-47(57)40(61-42(55)30-20-14-9-15-21-30)38-45(6,32(51)22-33-46(38,24-58-33)62-27(3)50)39(53)37(59-26(2)49)34(25)44(47,4)5/h7-21,31-33,35-38,40,51-52,57H,22-24H2,1-6H3,(H,48,54)/t31-,32-,33+,35-,36+,37+,38?,40-,45+,46-,47?/m0/s1. The highest BCUT2D eigenvalue weighted by Gasteiger charge is 2.78. The zero-order valence-corrected chi connectivity index (χ0v) is 35.2. The van der Waals surface area contributed by atoms with Gasteiger partial charge in [-0.05, 0) is 54.8 Å². The Bertz CT molecular complexity index is 2280. The number of hydrogen-bond donors (Lipinski definition) is 4. The van der Waals surface area contributed by atoms with Crippen LogP contribution in [0.3, 0.4) is 0 Å². The zero-order chi connectivity index (χ0) is 44.9. The summed E-state index contributed by atoms with van der Waals surface area (Å²) in [6, 6.07) is 22.9. The fourth-order valence-electron chi connectivity index (χ4n) is 10.2. The number of esters is 4. The molecule has 1 amide bonds. The summed E-state index contributed by atoms with van der Waals surface area (Å²) in [6.07, 6.45) is -10.5. The molecule has 2 saturated carbocycles. The van der Waals surface area contributed by atoms with Gasteiger partial charge >= 0.3 is 23.9 Å². The summed E-state index contributed by atoms with van der Waals surface area (Å²) >= 11 is 0. The van der Waals surface area contributed by atoms with Crippen LogP contribution in [0.4, 0.5) is 0 Å². The van der Waals surface area contributed by atoms with Gasteiger partial charge in [-0.15, -0.1) is 0 Å². The lowest BCUT2D eigenvalue weighted by atomic mass is 9.44. The maximum atomic E-state index is 15.5. The van der Waals surface area contributed by atoms with E-state index in [2.05, 4.69) is 5.32 Å². The van der Waals surface area contributed by atoms with Crippen LogP contribution < -0.4 is 5.32 Å². The number of ether oxygens (including phenoxy) is 5. The fourth-order valence-corrected chi connectivity index (χ4v) is 10.2. The Morgan fingerprint density at radius 2 is 1.40 bits per heavy atom.